The van der Waals surface area contributed by atoms with Gasteiger partial charge in [-0.1, -0.05) is 12.1 Å². The minimum absolute atomic E-state index is 0.0584. The van der Waals surface area contributed by atoms with Crippen molar-refractivity contribution in [1.29, 1.82) is 0 Å². The molecular formula is C21H22N4O2. The van der Waals surface area contributed by atoms with Crippen LogP contribution in [-0.2, 0) is 6.54 Å². The molecule has 0 bridgehead atoms. The van der Waals surface area contributed by atoms with E-state index in [-0.39, 0.29) is 17.3 Å². The summed E-state index contributed by atoms with van der Waals surface area (Å²) in [7, 11) is 0. The first-order valence-electron chi connectivity index (χ1n) is 9.27. The maximum Gasteiger partial charge on any atom is 0.258 e. The van der Waals surface area contributed by atoms with Crippen LogP contribution in [0, 0.1) is 12.8 Å². The Morgan fingerprint density at radius 3 is 2.96 bits per heavy atom. The van der Waals surface area contributed by atoms with Crippen LogP contribution in [0.3, 0.4) is 0 Å². The van der Waals surface area contributed by atoms with Crippen LogP contribution in [0.25, 0.3) is 5.65 Å². The van der Waals surface area contributed by atoms with Crippen molar-refractivity contribution >= 4 is 11.4 Å². The second kappa shape index (κ2) is 7.40. The molecule has 0 aliphatic carbocycles. The van der Waals surface area contributed by atoms with Gasteiger partial charge < -0.3 is 0 Å². The number of hydrogen-bond donors (Lipinski definition) is 0. The van der Waals surface area contributed by atoms with E-state index in [2.05, 4.69) is 14.9 Å². The molecule has 27 heavy (non-hydrogen) atoms. The summed E-state index contributed by atoms with van der Waals surface area (Å²) in [5.41, 5.74) is 2.87. The third-order valence-corrected chi connectivity index (χ3v) is 5.12. The zero-order chi connectivity index (χ0) is 18.8. The van der Waals surface area contributed by atoms with Crippen LogP contribution in [0.5, 0.6) is 0 Å². The Morgan fingerprint density at radius 2 is 2.15 bits per heavy atom. The fourth-order valence-corrected chi connectivity index (χ4v) is 3.75. The standard InChI is InChI=1S/C21H22N4O2/c1-15-6-4-11-25-19(26)12-17(23-21(15)25)14-24-10-5-7-16(13-24)20(27)18-8-2-3-9-22-18/h2-4,6,8-9,11-12,16H,5,7,10,13-14H2,1H3/t16-/m1/s1. The number of aromatic nitrogens is 3. The molecule has 6 heteroatoms. The molecule has 0 saturated carbocycles. The summed E-state index contributed by atoms with van der Waals surface area (Å²) in [6.45, 7) is 4.10. The number of piperidine rings is 1. The summed E-state index contributed by atoms with van der Waals surface area (Å²) < 4.78 is 1.57. The molecule has 0 unspecified atom stereocenters. The summed E-state index contributed by atoms with van der Waals surface area (Å²) in [5, 5.41) is 0. The Labute approximate surface area is 157 Å². The van der Waals surface area contributed by atoms with Crippen molar-refractivity contribution in [3.05, 3.63) is 76.1 Å². The summed E-state index contributed by atoms with van der Waals surface area (Å²) >= 11 is 0. The van der Waals surface area contributed by atoms with Crippen LogP contribution in [-0.4, -0.2) is 38.1 Å². The van der Waals surface area contributed by atoms with Gasteiger partial charge in [-0.2, -0.15) is 0 Å². The van der Waals surface area contributed by atoms with Crippen molar-refractivity contribution in [3.8, 4) is 0 Å². The number of aryl methyl sites for hydroxylation is 1. The molecule has 0 N–H and O–H groups in total. The smallest absolute Gasteiger partial charge is 0.258 e. The van der Waals surface area contributed by atoms with Gasteiger partial charge in [0.2, 0.25) is 0 Å². The molecule has 4 rings (SSSR count). The quantitative estimate of drug-likeness (QED) is 0.667. The lowest BCUT2D eigenvalue weighted by atomic mass is 9.92. The minimum Gasteiger partial charge on any atom is -0.297 e. The number of likely N-dealkylation sites (tertiary alicyclic amines) is 1. The third-order valence-electron chi connectivity index (χ3n) is 5.12. The van der Waals surface area contributed by atoms with Gasteiger partial charge in [0.1, 0.15) is 11.3 Å². The summed E-state index contributed by atoms with van der Waals surface area (Å²) in [5.74, 6) is 0.0413. The lowest BCUT2D eigenvalue weighted by Gasteiger charge is -2.31. The molecule has 0 radical (unpaired) electrons. The van der Waals surface area contributed by atoms with E-state index in [0.717, 1.165) is 30.6 Å². The molecule has 6 nitrogen and oxygen atoms in total. The van der Waals surface area contributed by atoms with Gasteiger partial charge in [-0.3, -0.25) is 23.9 Å². The zero-order valence-electron chi connectivity index (χ0n) is 15.3. The highest BCUT2D eigenvalue weighted by atomic mass is 16.1. The van der Waals surface area contributed by atoms with E-state index in [1.165, 1.54) is 0 Å². The number of carbonyl (C=O) groups is 1. The van der Waals surface area contributed by atoms with Crippen molar-refractivity contribution < 1.29 is 4.79 Å². The summed E-state index contributed by atoms with van der Waals surface area (Å²) in [4.78, 5) is 36.2. The maximum absolute atomic E-state index is 12.7. The average Bonchev–Trinajstić information content (AvgIpc) is 2.69. The van der Waals surface area contributed by atoms with Crippen molar-refractivity contribution in [2.24, 2.45) is 5.92 Å². The Morgan fingerprint density at radius 1 is 1.26 bits per heavy atom. The SMILES string of the molecule is Cc1cccn2c(=O)cc(CN3CCC[C@@H](C(=O)c4ccccn4)C3)nc12. The summed E-state index contributed by atoms with van der Waals surface area (Å²) in [6, 6.07) is 10.8. The highest BCUT2D eigenvalue weighted by Crippen LogP contribution is 2.21. The van der Waals surface area contributed by atoms with Crippen LogP contribution < -0.4 is 5.56 Å². The number of fused-ring (bicyclic) bond motifs is 1. The second-order valence-electron chi connectivity index (χ2n) is 7.12. The van der Waals surface area contributed by atoms with Gasteiger partial charge in [0, 0.05) is 37.5 Å². The number of ketones is 1. The molecule has 0 amide bonds. The third kappa shape index (κ3) is 3.66. The molecule has 0 spiro atoms. The number of Topliss-reactive ketones (excluding diaryl/α,β-unsaturated/α-hetero) is 1. The van der Waals surface area contributed by atoms with E-state index in [1.807, 2.05) is 31.2 Å². The van der Waals surface area contributed by atoms with Crippen LogP contribution in [0.4, 0.5) is 0 Å². The highest BCUT2D eigenvalue weighted by Gasteiger charge is 2.27. The highest BCUT2D eigenvalue weighted by molar-refractivity contribution is 5.96. The van der Waals surface area contributed by atoms with Gasteiger partial charge >= 0.3 is 0 Å². The topological polar surface area (TPSA) is 67.6 Å². The first kappa shape index (κ1) is 17.5. The molecule has 4 heterocycles. The fraction of sp³-hybridized carbons (Fsp3) is 0.333. The Hall–Kier alpha value is -2.86. The van der Waals surface area contributed by atoms with Crippen molar-refractivity contribution in [2.75, 3.05) is 13.1 Å². The molecule has 1 saturated heterocycles. The average molecular weight is 362 g/mol. The largest absolute Gasteiger partial charge is 0.297 e. The van der Waals surface area contributed by atoms with E-state index < -0.39 is 0 Å². The lowest BCUT2D eigenvalue weighted by Crippen LogP contribution is -2.39. The van der Waals surface area contributed by atoms with Gasteiger partial charge in [-0.25, -0.2) is 4.98 Å². The molecule has 3 aromatic heterocycles. The first-order chi connectivity index (χ1) is 13.1. The van der Waals surface area contributed by atoms with Crippen LogP contribution >= 0.6 is 0 Å². The number of nitrogens with zero attached hydrogens (tertiary/aromatic N) is 4. The van der Waals surface area contributed by atoms with Crippen LogP contribution in [0.2, 0.25) is 0 Å². The number of carbonyl (C=O) groups excluding carboxylic acids is 1. The molecule has 1 aliphatic heterocycles. The number of hydrogen-bond acceptors (Lipinski definition) is 5. The Balaban J connectivity index is 1.53. The first-order valence-corrected chi connectivity index (χ1v) is 9.27. The lowest BCUT2D eigenvalue weighted by molar-refractivity contribution is 0.0805. The van der Waals surface area contributed by atoms with Gasteiger partial charge in [0.15, 0.2) is 5.78 Å². The maximum atomic E-state index is 12.7. The van der Waals surface area contributed by atoms with Crippen molar-refractivity contribution in [1.82, 2.24) is 19.3 Å². The van der Waals surface area contributed by atoms with Crippen LogP contribution in [0.15, 0.2) is 53.6 Å². The van der Waals surface area contributed by atoms with E-state index in [1.54, 1.807) is 28.9 Å². The van der Waals surface area contributed by atoms with E-state index in [4.69, 9.17) is 0 Å². The molecule has 1 aliphatic rings. The molecule has 3 aromatic rings. The molecule has 0 aromatic carbocycles. The zero-order valence-corrected chi connectivity index (χ0v) is 15.3. The Bertz CT molecular complexity index is 1030. The summed E-state index contributed by atoms with van der Waals surface area (Å²) in [6.07, 6.45) is 5.22. The van der Waals surface area contributed by atoms with E-state index in [9.17, 15) is 9.59 Å². The van der Waals surface area contributed by atoms with Crippen LogP contribution in [0.1, 0.15) is 34.6 Å². The predicted octanol–water partition coefficient (Wildman–Crippen LogP) is 2.49. The minimum atomic E-state index is -0.0724. The van der Waals surface area contributed by atoms with Gasteiger partial charge in [-0.15, -0.1) is 0 Å². The molecular weight excluding hydrogens is 340 g/mol. The molecule has 1 atom stereocenters. The van der Waals surface area contributed by atoms with Crippen molar-refractivity contribution in [2.45, 2.75) is 26.3 Å². The van der Waals surface area contributed by atoms with Gasteiger partial charge in [-0.05, 0) is 50.1 Å². The van der Waals surface area contributed by atoms with E-state index >= 15 is 0 Å². The van der Waals surface area contributed by atoms with Gasteiger partial charge in [0.05, 0.1) is 5.69 Å². The second-order valence-corrected chi connectivity index (χ2v) is 7.12. The molecule has 1 fully saturated rings. The molecule has 138 valence electrons. The monoisotopic (exact) mass is 362 g/mol. The normalized spacial score (nSPS) is 17.9. The number of pyridine rings is 2. The number of rotatable bonds is 4. The van der Waals surface area contributed by atoms with E-state index in [0.29, 0.717) is 24.4 Å². The Kier molecular flexibility index (Phi) is 4.81. The van der Waals surface area contributed by atoms with Crippen molar-refractivity contribution in [3.63, 3.8) is 0 Å². The van der Waals surface area contributed by atoms with Gasteiger partial charge in [0.25, 0.3) is 5.56 Å². The predicted molar refractivity (Wildman–Crippen MR) is 103 cm³/mol. The fourth-order valence-electron chi connectivity index (χ4n) is 3.75.